The van der Waals surface area contributed by atoms with Gasteiger partial charge in [-0.15, -0.1) is 0 Å². The smallest absolute Gasteiger partial charge is 0.352 e. The average Bonchev–Trinajstić information content (AvgIpc) is 3.07. The Kier molecular flexibility index (Phi) is 32.4. The summed E-state index contributed by atoms with van der Waals surface area (Å²) < 4.78 is 22.2. The zero-order chi connectivity index (χ0) is 37.2. The molecule has 294 valence electrons. The molecule has 0 aliphatic carbocycles. The fraction of sp³-hybridized carbons (Fsp3) is 0.900. The number of hydrogen-bond acceptors (Lipinski definition) is 10. The Labute approximate surface area is 306 Å². The maximum absolute atomic E-state index is 13.4. The van der Waals surface area contributed by atoms with Gasteiger partial charge >= 0.3 is 23.9 Å². The fourth-order valence-electron chi connectivity index (χ4n) is 5.64. The molecule has 0 amide bonds. The Balaban J connectivity index is 5.30. The highest BCUT2D eigenvalue weighted by Crippen LogP contribution is 2.16. The number of ether oxygens (including phenoxy) is 4. The predicted molar refractivity (Wildman–Crippen MR) is 201 cm³/mol. The van der Waals surface area contributed by atoms with Gasteiger partial charge in [0.1, 0.15) is 0 Å². The minimum Gasteiger partial charge on any atom is -0.463 e. The molecule has 2 atom stereocenters. The Morgan fingerprint density at radius 3 is 0.980 bits per heavy atom. The molecule has 50 heavy (non-hydrogen) atoms. The van der Waals surface area contributed by atoms with Gasteiger partial charge in [0.05, 0.1) is 13.2 Å². The van der Waals surface area contributed by atoms with Crippen LogP contribution in [0.1, 0.15) is 168 Å². The molecule has 0 rings (SSSR count). The number of esters is 4. The van der Waals surface area contributed by atoms with Crippen LogP contribution in [0.15, 0.2) is 0 Å². The van der Waals surface area contributed by atoms with Gasteiger partial charge in [-0.2, -0.15) is 0 Å². The molecule has 0 aromatic carbocycles. The van der Waals surface area contributed by atoms with E-state index in [0.717, 1.165) is 38.5 Å². The minimum absolute atomic E-state index is 0.0392. The van der Waals surface area contributed by atoms with Crippen molar-refractivity contribution in [2.24, 2.45) is 0 Å². The van der Waals surface area contributed by atoms with Crippen LogP contribution in [0.2, 0.25) is 0 Å². The molecule has 0 aliphatic rings. The van der Waals surface area contributed by atoms with E-state index in [9.17, 15) is 19.2 Å². The zero-order valence-electron chi connectivity index (χ0n) is 33.1. The number of hydrogen-bond donors (Lipinski definition) is 0. The largest absolute Gasteiger partial charge is 0.463 e. The van der Waals surface area contributed by atoms with Crippen molar-refractivity contribution in [1.82, 2.24) is 9.80 Å². The summed E-state index contributed by atoms with van der Waals surface area (Å²) in [5.41, 5.74) is 0. The van der Waals surface area contributed by atoms with Crippen molar-refractivity contribution in [3.05, 3.63) is 0 Å². The topological polar surface area (TPSA) is 112 Å². The van der Waals surface area contributed by atoms with Gasteiger partial charge in [-0.25, -0.2) is 9.59 Å². The second-order valence-corrected chi connectivity index (χ2v) is 14.3. The molecule has 0 heterocycles. The molecule has 0 spiro atoms. The van der Waals surface area contributed by atoms with Crippen LogP contribution in [0, 0.1) is 0 Å². The van der Waals surface area contributed by atoms with Crippen LogP contribution in [0.3, 0.4) is 0 Å². The normalized spacial score (nSPS) is 12.6. The third-order valence-electron chi connectivity index (χ3n) is 8.71. The third-order valence-corrected chi connectivity index (χ3v) is 8.71. The van der Waals surface area contributed by atoms with Crippen LogP contribution in [-0.2, 0) is 38.1 Å². The van der Waals surface area contributed by atoms with Gasteiger partial charge < -0.3 is 28.7 Å². The third kappa shape index (κ3) is 29.5. The lowest BCUT2D eigenvalue weighted by atomic mass is 10.1. The molecule has 0 aromatic heterocycles. The van der Waals surface area contributed by atoms with Crippen LogP contribution in [-0.4, -0.2) is 100 Å². The first kappa shape index (κ1) is 47.8. The Morgan fingerprint density at radius 1 is 0.420 bits per heavy atom. The quantitative estimate of drug-likeness (QED) is 0.0361. The predicted octanol–water partition coefficient (Wildman–Crippen LogP) is 8.42. The number of carbonyl (C=O) groups excluding carboxylic acids is 4. The van der Waals surface area contributed by atoms with Gasteiger partial charge in [0, 0.05) is 12.8 Å². The molecular formula is C40H76N2O8. The Morgan fingerprint density at radius 2 is 0.700 bits per heavy atom. The lowest BCUT2D eigenvalue weighted by Gasteiger charge is -2.24. The van der Waals surface area contributed by atoms with Crippen molar-refractivity contribution < 1.29 is 38.1 Å². The highest BCUT2D eigenvalue weighted by Gasteiger charge is 2.42. The van der Waals surface area contributed by atoms with Crippen molar-refractivity contribution in [3.63, 3.8) is 0 Å². The summed E-state index contributed by atoms with van der Waals surface area (Å²) in [4.78, 5) is 56.4. The molecule has 0 saturated heterocycles. The summed E-state index contributed by atoms with van der Waals surface area (Å²) in [6.07, 6.45) is 20.3. The maximum Gasteiger partial charge on any atom is 0.352 e. The van der Waals surface area contributed by atoms with E-state index in [-0.39, 0.29) is 26.1 Å². The molecule has 0 N–H and O–H groups in total. The second-order valence-electron chi connectivity index (χ2n) is 14.3. The summed E-state index contributed by atoms with van der Waals surface area (Å²) in [5, 5.41) is 0. The highest BCUT2D eigenvalue weighted by atomic mass is 16.6. The Hall–Kier alpha value is -2.20. The monoisotopic (exact) mass is 713 g/mol. The van der Waals surface area contributed by atoms with Crippen LogP contribution in [0.25, 0.3) is 0 Å². The standard InChI is InChI=1S/C40H76N2O8/c1-7-9-11-13-15-17-19-21-23-25-33-47-39(45)37(49-35(43)29-27-31-41(3)4)38(50-36(44)30-28-32-42(5)6)40(46)48-34-26-24-22-20-18-16-14-12-10-8-2/h37-38H,7-34H2,1-6H3. The lowest BCUT2D eigenvalue weighted by Crippen LogP contribution is -2.47. The van der Waals surface area contributed by atoms with Gasteiger partial charge in [0.15, 0.2) is 0 Å². The van der Waals surface area contributed by atoms with E-state index in [0.29, 0.717) is 38.8 Å². The second kappa shape index (κ2) is 33.9. The first-order valence-electron chi connectivity index (χ1n) is 20.1. The van der Waals surface area contributed by atoms with E-state index in [1.807, 2.05) is 38.0 Å². The zero-order valence-corrected chi connectivity index (χ0v) is 33.1. The fourth-order valence-corrected chi connectivity index (χ4v) is 5.64. The highest BCUT2D eigenvalue weighted by molar-refractivity contribution is 5.89. The van der Waals surface area contributed by atoms with Gasteiger partial charge in [0.2, 0.25) is 12.2 Å². The number of unbranched alkanes of at least 4 members (excludes halogenated alkanes) is 18. The van der Waals surface area contributed by atoms with Crippen LogP contribution in [0.4, 0.5) is 0 Å². The van der Waals surface area contributed by atoms with E-state index in [1.165, 1.54) is 77.0 Å². The van der Waals surface area contributed by atoms with Crippen LogP contribution in [0.5, 0.6) is 0 Å². The molecule has 0 radical (unpaired) electrons. The van der Waals surface area contributed by atoms with Crippen molar-refractivity contribution in [2.75, 3.05) is 54.5 Å². The van der Waals surface area contributed by atoms with E-state index in [4.69, 9.17) is 18.9 Å². The molecule has 0 aliphatic heterocycles. The van der Waals surface area contributed by atoms with E-state index in [1.54, 1.807) is 0 Å². The molecule has 2 unspecified atom stereocenters. The molecular weight excluding hydrogens is 636 g/mol. The molecule has 0 fully saturated rings. The van der Waals surface area contributed by atoms with Crippen molar-refractivity contribution in [3.8, 4) is 0 Å². The number of rotatable bonds is 35. The molecule has 0 bridgehead atoms. The van der Waals surface area contributed by atoms with E-state index < -0.39 is 36.1 Å². The van der Waals surface area contributed by atoms with Crippen molar-refractivity contribution in [1.29, 1.82) is 0 Å². The van der Waals surface area contributed by atoms with Crippen LogP contribution >= 0.6 is 0 Å². The molecule has 0 aromatic rings. The van der Waals surface area contributed by atoms with Gasteiger partial charge in [-0.1, -0.05) is 129 Å². The summed E-state index contributed by atoms with van der Waals surface area (Å²) in [6, 6.07) is 0. The van der Waals surface area contributed by atoms with Crippen molar-refractivity contribution >= 4 is 23.9 Å². The van der Waals surface area contributed by atoms with E-state index >= 15 is 0 Å². The summed E-state index contributed by atoms with van der Waals surface area (Å²) in [6.45, 7) is 5.99. The van der Waals surface area contributed by atoms with Gasteiger partial charge in [-0.05, 0) is 67.0 Å². The van der Waals surface area contributed by atoms with Crippen molar-refractivity contribution in [2.45, 2.75) is 180 Å². The minimum atomic E-state index is -1.73. The van der Waals surface area contributed by atoms with Gasteiger partial charge in [-0.3, -0.25) is 9.59 Å². The molecule has 10 nitrogen and oxygen atoms in total. The lowest BCUT2D eigenvalue weighted by molar-refractivity contribution is -0.192. The molecule has 0 saturated carbocycles. The van der Waals surface area contributed by atoms with E-state index in [2.05, 4.69) is 13.8 Å². The summed E-state index contributed by atoms with van der Waals surface area (Å²) in [5.74, 6) is -3.12. The van der Waals surface area contributed by atoms with Crippen LogP contribution < -0.4 is 0 Å². The first-order valence-corrected chi connectivity index (χ1v) is 20.1. The Bertz CT molecular complexity index is 783. The number of nitrogens with zero attached hydrogens (tertiary/aromatic N) is 2. The number of carbonyl (C=O) groups is 4. The maximum atomic E-state index is 13.4. The summed E-state index contributed by atoms with van der Waals surface area (Å²) >= 11 is 0. The molecule has 10 heteroatoms. The average molecular weight is 713 g/mol. The van der Waals surface area contributed by atoms with Gasteiger partial charge in [0.25, 0.3) is 0 Å². The SMILES string of the molecule is CCCCCCCCCCCCOC(=O)C(OC(=O)CCCN(C)C)C(OC(=O)CCCN(C)C)C(=O)OCCCCCCCCCCCC. The first-order chi connectivity index (χ1) is 24.1. The summed E-state index contributed by atoms with van der Waals surface area (Å²) in [7, 11) is 7.59.